The molecule has 2 N–H and O–H groups in total. The number of hydrogen-bond donors (Lipinski definition) is 2. The Morgan fingerprint density at radius 1 is 1.42 bits per heavy atom. The lowest BCUT2D eigenvalue weighted by atomic mass is 9.89. The van der Waals surface area contributed by atoms with Crippen molar-refractivity contribution in [3.63, 3.8) is 0 Å². The van der Waals surface area contributed by atoms with Crippen molar-refractivity contribution in [1.82, 2.24) is 5.32 Å². The van der Waals surface area contributed by atoms with Gasteiger partial charge in [0.25, 0.3) is 0 Å². The van der Waals surface area contributed by atoms with Gasteiger partial charge >= 0.3 is 0 Å². The molecule has 1 amide bonds. The van der Waals surface area contributed by atoms with Crippen LogP contribution in [0.5, 0.6) is 0 Å². The number of anilines is 1. The monoisotopic (exact) mass is 332 g/mol. The smallest absolute Gasteiger partial charge is 0.243 e. The van der Waals surface area contributed by atoms with Crippen LogP contribution in [0.25, 0.3) is 0 Å². The SMILES string of the molecule is C[C@@H]1CCC[C@@H](OCc2cccc(NC(=O)[C@@H]3COCCN3)c2)C1. The van der Waals surface area contributed by atoms with E-state index in [1.54, 1.807) is 0 Å². The van der Waals surface area contributed by atoms with Gasteiger partial charge in [-0.1, -0.05) is 31.9 Å². The number of rotatable bonds is 5. The van der Waals surface area contributed by atoms with Crippen molar-refractivity contribution < 1.29 is 14.3 Å². The van der Waals surface area contributed by atoms with Gasteiger partial charge in [0.1, 0.15) is 6.04 Å². The fraction of sp³-hybridized carbons (Fsp3) is 0.632. The summed E-state index contributed by atoms with van der Waals surface area (Å²) in [5, 5.41) is 6.12. The molecule has 2 fully saturated rings. The van der Waals surface area contributed by atoms with E-state index in [0.717, 1.165) is 30.0 Å². The Morgan fingerprint density at radius 3 is 3.12 bits per heavy atom. The lowest BCUT2D eigenvalue weighted by Crippen LogP contribution is -2.48. The average molecular weight is 332 g/mol. The second-order valence-electron chi connectivity index (χ2n) is 6.98. The van der Waals surface area contributed by atoms with Crippen LogP contribution in [0.1, 0.15) is 38.2 Å². The van der Waals surface area contributed by atoms with E-state index in [1.807, 2.05) is 24.3 Å². The summed E-state index contributed by atoms with van der Waals surface area (Å²) < 4.78 is 11.4. The Morgan fingerprint density at radius 2 is 2.33 bits per heavy atom. The van der Waals surface area contributed by atoms with Crippen LogP contribution in [0.3, 0.4) is 0 Å². The first-order chi connectivity index (χ1) is 11.7. The third kappa shape index (κ3) is 5.03. The van der Waals surface area contributed by atoms with Crippen LogP contribution in [0.15, 0.2) is 24.3 Å². The van der Waals surface area contributed by atoms with Gasteiger partial charge < -0.3 is 20.1 Å². The molecule has 3 rings (SSSR count). The molecule has 2 aliphatic rings. The summed E-state index contributed by atoms with van der Waals surface area (Å²) in [7, 11) is 0. The Hall–Kier alpha value is -1.43. The summed E-state index contributed by atoms with van der Waals surface area (Å²) in [6, 6.07) is 7.64. The van der Waals surface area contributed by atoms with Gasteiger partial charge in [0.2, 0.25) is 5.91 Å². The minimum atomic E-state index is -0.276. The van der Waals surface area contributed by atoms with Crippen LogP contribution < -0.4 is 10.6 Å². The molecule has 0 radical (unpaired) electrons. The van der Waals surface area contributed by atoms with E-state index in [1.165, 1.54) is 12.8 Å². The zero-order valence-electron chi connectivity index (χ0n) is 14.4. The molecule has 0 aromatic heterocycles. The summed E-state index contributed by atoms with van der Waals surface area (Å²) in [5.74, 6) is 0.716. The summed E-state index contributed by atoms with van der Waals surface area (Å²) in [5.41, 5.74) is 1.91. The highest BCUT2D eigenvalue weighted by molar-refractivity contribution is 5.95. The number of nitrogens with one attached hydrogen (secondary N) is 2. The van der Waals surface area contributed by atoms with E-state index < -0.39 is 0 Å². The molecular formula is C19H28N2O3. The van der Waals surface area contributed by atoms with Crippen molar-refractivity contribution in [2.45, 2.75) is 51.4 Å². The fourth-order valence-electron chi connectivity index (χ4n) is 3.45. The van der Waals surface area contributed by atoms with E-state index in [4.69, 9.17) is 9.47 Å². The minimum absolute atomic E-state index is 0.0473. The van der Waals surface area contributed by atoms with E-state index in [2.05, 4.69) is 17.6 Å². The predicted molar refractivity (Wildman–Crippen MR) is 93.9 cm³/mol. The third-order valence-corrected chi connectivity index (χ3v) is 4.81. The van der Waals surface area contributed by atoms with Crippen LogP contribution in [0, 0.1) is 5.92 Å². The maximum absolute atomic E-state index is 12.2. The van der Waals surface area contributed by atoms with Crippen LogP contribution in [-0.4, -0.2) is 37.8 Å². The molecule has 3 atom stereocenters. The fourth-order valence-corrected chi connectivity index (χ4v) is 3.45. The van der Waals surface area contributed by atoms with Crippen molar-refractivity contribution in [2.24, 2.45) is 5.92 Å². The normalized spacial score (nSPS) is 27.6. The number of amides is 1. The molecule has 0 spiro atoms. The Kier molecular flexibility index (Phi) is 6.24. The molecule has 0 bridgehead atoms. The lowest BCUT2D eigenvalue weighted by Gasteiger charge is -2.27. The van der Waals surface area contributed by atoms with Crippen LogP contribution in [0.2, 0.25) is 0 Å². The van der Waals surface area contributed by atoms with Crippen LogP contribution >= 0.6 is 0 Å². The molecule has 5 nitrogen and oxygen atoms in total. The van der Waals surface area contributed by atoms with Crippen LogP contribution in [-0.2, 0) is 20.9 Å². The quantitative estimate of drug-likeness (QED) is 0.870. The van der Waals surface area contributed by atoms with Gasteiger partial charge in [-0.3, -0.25) is 4.79 Å². The maximum Gasteiger partial charge on any atom is 0.243 e. The average Bonchev–Trinajstić information content (AvgIpc) is 2.61. The van der Waals surface area contributed by atoms with Crippen molar-refractivity contribution in [3.8, 4) is 0 Å². The lowest BCUT2D eigenvalue weighted by molar-refractivity contribution is -0.120. The molecule has 1 aromatic rings. The first kappa shape index (κ1) is 17.4. The molecule has 24 heavy (non-hydrogen) atoms. The molecule has 1 aliphatic heterocycles. The highest BCUT2D eigenvalue weighted by Gasteiger charge is 2.21. The zero-order chi connectivity index (χ0) is 16.8. The minimum Gasteiger partial charge on any atom is -0.378 e. The summed E-state index contributed by atoms with van der Waals surface area (Å²) in [6.45, 7) is 4.71. The second kappa shape index (κ2) is 8.60. The highest BCUT2D eigenvalue weighted by atomic mass is 16.5. The topological polar surface area (TPSA) is 59.6 Å². The summed E-state index contributed by atoms with van der Waals surface area (Å²) >= 11 is 0. The summed E-state index contributed by atoms with van der Waals surface area (Å²) in [4.78, 5) is 12.2. The Balaban J connectivity index is 1.50. The molecule has 1 aliphatic carbocycles. The molecule has 1 saturated carbocycles. The highest BCUT2D eigenvalue weighted by Crippen LogP contribution is 2.26. The van der Waals surface area contributed by atoms with Crippen molar-refractivity contribution in [3.05, 3.63) is 29.8 Å². The Labute approximate surface area is 144 Å². The Bertz CT molecular complexity index is 543. The molecule has 0 unspecified atom stereocenters. The number of carbonyl (C=O) groups excluding carboxylic acids is 1. The van der Waals surface area contributed by atoms with Gasteiger partial charge in [-0.05, 0) is 36.5 Å². The van der Waals surface area contributed by atoms with Crippen molar-refractivity contribution in [2.75, 3.05) is 25.1 Å². The molecule has 132 valence electrons. The first-order valence-electron chi connectivity index (χ1n) is 9.03. The molecule has 5 heteroatoms. The molecule has 1 aromatic carbocycles. The molecule has 1 heterocycles. The van der Waals surface area contributed by atoms with Gasteiger partial charge in [-0.15, -0.1) is 0 Å². The number of carbonyl (C=O) groups is 1. The maximum atomic E-state index is 12.2. The van der Waals surface area contributed by atoms with Gasteiger partial charge in [0.05, 0.1) is 25.9 Å². The zero-order valence-corrected chi connectivity index (χ0v) is 14.4. The van der Waals surface area contributed by atoms with Crippen molar-refractivity contribution in [1.29, 1.82) is 0 Å². The largest absolute Gasteiger partial charge is 0.378 e. The van der Waals surface area contributed by atoms with E-state index in [0.29, 0.717) is 32.5 Å². The second-order valence-corrected chi connectivity index (χ2v) is 6.98. The van der Waals surface area contributed by atoms with Crippen molar-refractivity contribution >= 4 is 11.6 Å². The van der Waals surface area contributed by atoms with E-state index in [9.17, 15) is 4.79 Å². The van der Waals surface area contributed by atoms with Gasteiger partial charge in [0, 0.05) is 12.2 Å². The number of benzene rings is 1. The standard InChI is InChI=1S/C19H28N2O3/c1-14-4-2-7-17(10-14)24-12-15-5-3-6-16(11-15)21-19(22)18-13-23-9-8-20-18/h3,5-6,11,14,17-18,20H,2,4,7-10,12-13H2,1H3,(H,21,22)/t14-,17-,18+/m1/s1. The molecular weight excluding hydrogens is 304 g/mol. The number of morpholine rings is 1. The van der Waals surface area contributed by atoms with E-state index in [-0.39, 0.29) is 11.9 Å². The number of ether oxygens (including phenoxy) is 2. The third-order valence-electron chi connectivity index (χ3n) is 4.81. The van der Waals surface area contributed by atoms with Gasteiger partial charge in [-0.25, -0.2) is 0 Å². The van der Waals surface area contributed by atoms with Crippen LogP contribution in [0.4, 0.5) is 5.69 Å². The molecule has 1 saturated heterocycles. The summed E-state index contributed by atoms with van der Waals surface area (Å²) in [6.07, 6.45) is 5.27. The predicted octanol–water partition coefficient (Wildman–Crippen LogP) is 2.71. The van der Waals surface area contributed by atoms with Gasteiger partial charge in [-0.2, -0.15) is 0 Å². The number of hydrogen-bond acceptors (Lipinski definition) is 4. The van der Waals surface area contributed by atoms with E-state index >= 15 is 0 Å². The van der Waals surface area contributed by atoms with Gasteiger partial charge in [0.15, 0.2) is 0 Å². The first-order valence-corrected chi connectivity index (χ1v) is 9.03.